The zero-order chi connectivity index (χ0) is 12.8. The molecule has 0 bridgehead atoms. The van der Waals surface area contributed by atoms with E-state index in [1.54, 1.807) is 0 Å². The van der Waals surface area contributed by atoms with Crippen LogP contribution in [0.15, 0.2) is 0 Å². The van der Waals surface area contributed by atoms with Crippen molar-refractivity contribution in [2.75, 3.05) is 0 Å². The van der Waals surface area contributed by atoms with Crippen LogP contribution in [0, 0.1) is 5.92 Å². The Morgan fingerprint density at radius 3 is 1.88 bits per heavy atom. The second kappa shape index (κ2) is 14.0. The van der Waals surface area contributed by atoms with Gasteiger partial charge in [-0.3, -0.25) is 0 Å². The van der Waals surface area contributed by atoms with E-state index in [-0.39, 0.29) is 0 Å². The normalized spacial score (nSPS) is 12.4. The average Bonchev–Trinajstić information content (AvgIpc) is 2.35. The Labute approximate surface area is 111 Å². The van der Waals surface area contributed by atoms with E-state index in [4.69, 9.17) is 0 Å². The van der Waals surface area contributed by atoms with Crippen LogP contribution in [0.1, 0.15) is 84.5 Å². The van der Waals surface area contributed by atoms with Crippen LogP contribution in [0.25, 0.3) is 0 Å². The van der Waals surface area contributed by atoms with Crippen molar-refractivity contribution >= 4 is 16.6 Å². The Kier molecular flexibility index (Phi) is 13.9. The van der Waals surface area contributed by atoms with Crippen molar-refractivity contribution in [3.05, 3.63) is 0 Å². The van der Waals surface area contributed by atoms with Crippen LogP contribution in [-0.4, -0.2) is 9.58 Å². The van der Waals surface area contributed by atoms with Crippen molar-refractivity contribution < 1.29 is 4.21 Å². The summed E-state index contributed by atoms with van der Waals surface area (Å²) in [4.78, 5) is 0. The van der Waals surface area contributed by atoms with E-state index < -0.39 is 0 Å². The Hall–Kier alpha value is -0.110. The molecule has 0 radical (unpaired) electrons. The van der Waals surface area contributed by atoms with E-state index in [0.717, 1.165) is 6.42 Å². The minimum Gasteiger partial charge on any atom is -0.213 e. The van der Waals surface area contributed by atoms with Crippen LogP contribution >= 0.6 is 0 Å². The van der Waals surface area contributed by atoms with Gasteiger partial charge in [0.25, 0.3) is 0 Å². The molecule has 0 aliphatic rings. The van der Waals surface area contributed by atoms with Crippen LogP contribution in [0.2, 0.25) is 0 Å². The molecule has 0 fully saturated rings. The molecule has 0 aliphatic carbocycles. The highest BCUT2D eigenvalue weighted by Gasteiger charge is 2.01. The summed E-state index contributed by atoms with van der Waals surface area (Å²) < 4.78 is 10.4. The lowest BCUT2D eigenvalue weighted by molar-refractivity contribution is 0.523. The van der Waals surface area contributed by atoms with E-state index in [0.29, 0.717) is 17.2 Å². The summed E-state index contributed by atoms with van der Waals surface area (Å²) in [6, 6.07) is 0. The molecule has 1 nitrogen and oxygen atoms in total. The molecule has 1 atom stereocenters. The number of hydrogen-bond donors (Lipinski definition) is 0. The van der Waals surface area contributed by atoms with E-state index in [2.05, 4.69) is 13.8 Å². The fraction of sp³-hybridized carbons (Fsp3) is 0.933. The number of hydrogen-bond acceptors (Lipinski definition) is 1. The second-order valence-electron chi connectivity index (χ2n) is 5.02. The lowest BCUT2D eigenvalue weighted by Crippen LogP contribution is -1.99. The summed E-state index contributed by atoms with van der Waals surface area (Å²) in [6.07, 6.45) is 14.8. The van der Waals surface area contributed by atoms with Crippen LogP contribution in [0.3, 0.4) is 0 Å². The topological polar surface area (TPSA) is 17.1 Å². The predicted octanol–water partition coefficient (Wildman–Crippen LogP) is 4.95. The molecular formula is C15H30OS. The van der Waals surface area contributed by atoms with Gasteiger partial charge in [0.15, 0.2) is 0 Å². The molecule has 0 amide bonds. The van der Waals surface area contributed by atoms with Crippen LogP contribution < -0.4 is 0 Å². The van der Waals surface area contributed by atoms with Gasteiger partial charge < -0.3 is 0 Å². The van der Waals surface area contributed by atoms with Gasteiger partial charge in [0.05, 0.1) is 11.3 Å². The molecule has 0 aromatic rings. The Morgan fingerprint density at radius 1 is 0.882 bits per heavy atom. The van der Waals surface area contributed by atoms with E-state index >= 15 is 0 Å². The molecule has 0 saturated carbocycles. The molecule has 0 heterocycles. The summed E-state index contributed by atoms with van der Waals surface area (Å²) in [5.41, 5.74) is 0. The first kappa shape index (κ1) is 16.9. The Bertz CT molecular complexity index is 197. The summed E-state index contributed by atoms with van der Waals surface area (Å²) in [5.74, 6) is 0.544. The second-order valence-corrected chi connectivity index (χ2v) is 5.48. The molecular weight excluding hydrogens is 228 g/mol. The smallest absolute Gasteiger partial charge is 0.0843 e. The Balaban J connectivity index is 3.19. The third-order valence-electron chi connectivity index (χ3n) is 3.45. The van der Waals surface area contributed by atoms with Gasteiger partial charge in [0.2, 0.25) is 0 Å². The van der Waals surface area contributed by atoms with Gasteiger partial charge in [-0.2, -0.15) is 0 Å². The van der Waals surface area contributed by atoms with Gasteiger partial charge in [0, 0.05) is 5.37 Å². The lowest BCUT2D eigenvalue weighted by Gasteiger charge is -2.07. The van der Waals surface area contributed by atoms with E-state index in [1.807, 2.05) is 5.37 Å². The molecule has 0 aromatic carbocycles. The first-order valence-electron chi connectivity index (χ1n) is 7.47. The fourth-order valence-corrected chi connectivity index (χ4v) is 2.65. The highest BCUT2D eigenvalue weighted by molar-refractivity contribution is 7.64. The van der Waals surface area contributed by atoms with Crippen molar-refractivity contribution in [2.45, 2.75) is 84.5 Å². The summed E-state index contributed by atoms with van der Waals surface area (Å²) in [5, 5.41) is 1.87. The quantitative estimate of drug-likeness (QED) is 0.357. The van der Waals surface area contributed by atoms with Gasteiger partial charge in [0.1, 0.15) is 0 Å². The van der Waals surface area contributed by atoms with Gasteiger partial charge in [-0.1, -0.05) is 71.6 Å². The third-order valence-corrected chi connectivity index (χ3v) is 3.95. The maximum atomic E-state index is 10.4. The van der Waals surface area contributed by atoms with Crippen LogP contribution in [-0.2, 0) is 11.3 Å². The SMILES string of the molecule is CCCCCCCCCCCC(C=S=O)CC. The summed E-state index contributed by atoms with van der Waals surface area (Å²) in [7, 11) is 0. The lowest BCUT2D eigenvalue weighted by atomic mass is 9.99. The first-order valence-corrected chi connectivity index (χ1v) is 8.27. The van der Waals surface area contributed by atoms with Crippen molar-refractivity contribution in [1.82, 2.24) is 0 Å². The molecule has 0 rings (SSSR count). The highest BCUT2D eigenvalue weighted by atomic mass is 32.1. The maximum absolute atomic E-state index is 10.4. The molecule has 0 N–H and O–H groups in total. The molecule has 2 heteroatoms. The number of unbranched alkanes of at least 4 members (excludes halogenated alkanes) is 8. The molecule has 0 aromatic heterocycles. The Morgan fingerprint density at radius 2 is 1.41 bits per heavy atom. The van der Waals surface area contributed by atoms with Gasteiger partial charge in [-0.25, -0.2) is 4.21 Å². The highest BCUT2D eigenvalue weighted by Crippen LogP contribution is 2.14. The minimum atomic E-state index is 0.544. The fourth-order valence-electron chi connectivity index (χ4n) is 2.16. The van der Waals surface area contributed by atoms with Crippen molar-refractivity contribution in [3.63, 3.8) is 0 Å². The summed E-state index contributed by atoms with van der Waals surface area (Å²) >= 11 is 0.639. The monoisotopic (exact) mass is 258 g/mol. The van der Waals surface area contributed by atoms with Gasteiger partial charge in [-0.15, -0.1) is 0 Å². The molecule has 1 unspecified atom stereocenters. The number of rotatable bonds is 12. The zero-order valence-electron chi connectivity index (χ0n) is 11.7. The van der Waals surface area contributed by atoms with Crippen molar-refractivity contribution in [1.29, 1.82) is 0 Å². The standard InChI is InChI=1S/C15H30OS/c1-3-5-6-7-8-9-10-11-12-13-15(4-2)14-17-16/h14-15H,3-13H2,1-2H3. The van der Waals surface area contributed by atoms with Crippen molar-refractivity contribution in [2.24, 2.45) is 5.92 Å². The van der Waals surface area contributed by atoms with Gasteiger partial charge in [-0.05, 0) is 18.8 Å². The van der Waals surface area contributed by atoms with Crippen molar-refractivity contribution in [3.8, 4) is 0 Å². The van der Waals surface area contributed by atoms with Gasteiger partial charge >= 0.3 is 0 Å². The molecule has 0 saturated heterocycles. The largest absolute Gasteiger partial charge is 0.213 e. The summed E-state index contributed by atoms with van der Waals surface area (Å²) in [6.45, 7) is 4.44. The zero-order valence-corrected chi connectivity index (χ0v) is 12.6. The van der Waals surface area contributed by atoms with Crippen LogP contribution in [0.4, 0.5) is 0 Å². The predicted molar refractivity (Wildman–Crippen MR) is 79.8 cm³/mol. The maximum Gasteiger partial charge on any atom is 0.0843 e. The first-order chi connectivity index (χ1) is 8.35. The average molecular weight is 258 g/mol. The van der Waals surface area contributed by atoms with E-state index in [9.17, 15) is 4.21 Å². The third kappa shape index (κ3) is 12.1. The van der Waals surface area contributed by atoms with Crippen LogP contribution in [0.5, 0.6) is 0 Å². The minimum absolute atomic E-state index is 0.544. The molecule has 0 aliphatic heterocycles. The van der Waals surface area contributed by atoms with E-state index in [1.165, 1.54) is 64.2 Å². The molecule has 102 valence electrons. The molecule has 17 heavy (non-hydrogen) atoms. The molecule has 0 spiro atoms.